The maximum atomic E-state index is 12.4. The molecule has 1 fully saturated rings. The third-order valence-corrected chi connectivity index (χ3v) is 4.09. The van der Waals surface area contributed by atoms with Gasteiger partial charge in [0.1, 0.15) is 5.56 Å². The minimum absolute atomic E-state index is 0.118. The van der Waals surface area contributed by atoms with Crippen LogP contribution in [0.2, 0.25) is 0 Å². The highest BCUT2D eigenvalue weighted by Gasteiger charge is 2.39. The topological polar surface area (TPSA) is 83.8 Å². The molecule has 1 amide bonds. The van der Waals surface area contributed by atoms with Crippen molar-refractivity contribution in [1.82, 2.24) is 15.5 Å². The molecule has 0 aromatic carbocycles. The van der Waals surface area contributed by atoms with Gasteiger partial charge >= 0.3 is 0 Å². The lowest BCUT2D eigenvalue weighted by atomic mass is 9.63. The van der Waals surface area contributed by atoms with Gasteiger partial charge in [-0.25, -0.2) is 0 Å². The van der Waals surface area contributed by atoms with Crippen molar-refractivity contribution in [1.29, 1.82) is 0 Å². The third kappa shape index (κ3) is 3.14. The van der Waals surface area contributed by atoms with Crippen LogP contribution in [0.1, 0.15) is 63.0 Å². The number of amides is 1. The predicted molar refractivity (Wildman–Crippen MR) is 80.4 cm³/mol. The summed E-state index contributed by atoms with van der Waals surface area (Å²) in [6.45, 7) is 10.9. The summed E-state index contributed by atoms with van der Waals surface area (Å²) < 4.78 is 0. The Morgan fingerprint density at radius 1 is 1.30 bits per heavy atom. The zero-order chi connectivity index (χ0) is 15.1. The summed E-state index contributed by atoms with van der Waals surface area (Å²) in [4.78, 5) is 12.4. The lowest BCUT2D eigenvalue weighted by Crippen LogP contribution is -2.46. The van der Waals surface area contributed by atoms with E-state index in [0.29, 0.717) is 11.3 Å². The highest BCUT2D eigenvalue weighted by Crippen LogP contribution is 2.45. The molecule has 0 saturated heterocycles. The van der Waals surface area contributed by atoms with Gasteiger partial charge in [-0.3, -0.25) is 9.89 Å². The molecule has 0 radical (unpaired) electrons. The van der Waals surface area contributed by atoms with Gasteiger partial charge in [-0.15, -0.1) is 0 Å². The number of aryl methyl sites for hydroxylation is 1. The first-order valence-electron chi connectivity index (χ1n) is 7.21. The predicted octanol–water partition coefficient (Wildman–Crippen LogP) is 2.64. The van der Waals surface area contributed by atoms with E-state index < -0.39 is 0 Å². The summed E-state index contributed by atoms with van der Waals surface area (Å²) in [5.74, 6) is 0.154. The Bertz CT molecular complexity index is 480. The smallest absolute Gasteiger partial charge is 0.257 e. The van der Waals surface area contributed by atoms with Crippen molar-refractivity contribution in [2.24, 2.45) is 10.8 Å². The first-order chi connectivity index (χ1) is 9.10. The summed E-state index contributed by atoms with van der Waals surface area (Å²) in [5, 5.41) is 9.77. The van der Waals surface area contributed by atoms with Crippen molar-refractivity contribution in [3.05, 3.63) is 11.3 Å². The highest BCUT2D eigenvalue weighted by molar-refractivity contribution is 5.99. The van der Waals surface area contributed by atoms with Crippen molar-refractivity contribution >= 4 is 11.7 Å². The first-order valence-corrected chi connectivity index (χ1v) is 7.21. The number of aromatic amines is 1. The molecule has 2 rings (SSSR count). The van der Waals surface area contributed by atoms with Crippen molar-refractivity contribution < 1.29 is 4.79 Å². The van der Waals surface area contributed by atoms with E-state index in [1.807, 2.05) is 6.92 Å². The summed E-state index contributed by atoms with van der Waals surface area (Å²) in [6, 6.07) is 0.190. The molecule has 1 saturated carbocycles. The van der Waals surface area contributed by atoms with Crippen LogP contribution in [0.4, 0.5) is 5.82 Å². The van der Waals surface area contributed by atoms with E-state index in [-0.39, 0.29) is 28.6 Å². The van der Waals surface area contributed by atoms with E-state index in [4.69, 9.17) is 5.73 Å². The summed E-state index contributed by atoms with van der Waals surface area (Å²) in [6.07, 6.45) is 3.18. The van der Waals surface area contributed by atoms with Crippen LogP contribution in [0, 0.1) is 17.8 Å². The standard InChI is InChI=1S/C15H26N4O/c1-9-11(12(16)19-18-9)13(20)17-10-6-14(2,3)8-15(4,5)7-10/h10H,6-8H2,1-5H3,(H,17,20)(H3,16,18,19). The average Bonchev–Trinajstić information content (AvgIpc) is 2.53. The highest BCUT2D eigenvalue weighted by atomic mass is 16.1. The van der Waals surface area contributed by atoms with E-state index in [2.05, 4.69) is 43.2 Å². The van der Waals surface area contributed by atoms with Crippen molar-refractivity contribution in [2.45, 2.75) is 59.9 Å². The largest absolute Gasteiger partial charge is 0.382 e. The molecule has 112 valence electrons. The van der Waals surface area contributed by atoms with E-state index >= 15 is 0 Å². The zero-order valence-electron chi connectivity index (χ0n) is 13.1. The number of nitrogens with zero attached hydrogens (tertiary/aromatic N) is 1. The molecule has 1 aromatic rings. The monoisotopic (exact) mass is 278 g/mol. The van der Waals surface area contributed by atoms with Crippen LogP contribution in [0.15, 0.2) is 0 Å². The molecule has 5 nitrogen and oxygen atoms in total. The third-order valence-electron chi connectivity index (χ3n) is 4.09. The fourth-order valence-electron chi connectivity index (χ4n) is 3.94. The van der Waals surface area contributed by atoms with Gasteiger partial charge in [0.25, 0.3) is 5.91 Å². The number of nitrogens with two attached hydrogens (primary N) is 1. The van der Waals surface area contributed by atoms with Gasteiger partial charge in [0.05, 0.1) is 0 Å². The Hall–Kier alpha value is -1.52. The summed E-state index contributed by atoms with van der Waals surface area (Å²) >= 11 is 0. The molecular weight excluding hydrogens is 252 g/mol. The Morgan fingerprint density at radius 2 is 1.85 bits per heavy atom. The average molecular weight is 278 g/mol. The zero-order valence-corrected chi connectivity index (χ0v) is 13.1. The van der Waals surface area contributed by atoms with Gasteiger partial charge in [0.15, 0.2) is 5.82 Å². The lowest BCUT2D eigenvalue weighted by molar-refractivity contribution is 0.0714. The van der Waals surface area contributed by atoms with E-state index in [0.717, 1.165) is 12.8 Å². The molecule has 5 heteroatoms. The number of aromatic nitrogens is 2. The van der Waals surface area contributed by atoms with Crippen LogP contribution in [0.3, 0.4) is 0 Å². The van der Waals surface area contributed by atoms with Gasteiger partial charge in [-0.2, -0.15) is 5.10 Å². The second kappa shape index (κ2) is 4.79. The molecular formula is C15H26N4O. The van der Waals surface area contributed by atoms with Gasteiger partial charge < -0.3 is 11.1 Å². The number of carbonyl (C=O) groups is 1. The number of hydrogen-bond donors (Lipinski definition) is 3. The van der Waals surface area contributed by atoms with Crippen LogP contribution in [-0.2, 0) is 0 Å². The second-order valence-corrected chi connectivity index (χ2v) is 7.69. The summed E-state index contributed by atoms with van der Waals surface area (Å²) in [5.41, 5.74) is 7.44. The Balaban J connectivity index is 2.12. The number of rotatable bonds is 2. The minimum atomic E-state index is -0.118. The SMILES string of the molecule is Cc1[nH]nc(N)c1C(=O)NC1CC(C)(C)CC(C)(C)C1. The number of nitrogen functional groups attached to an aromatic ring is 1. The molecule has 0 unspecified atom stereocenters. The molecule has 0 spiro atoms. The van der Waals surface area contributed by atoms with E-state index in [1.54, 1.807) is 0 Å². The fourth-order valence-corrected chi connectivity index (χ4v) is 3.94. The molecule has 1 aromatic heterocycles. The molecule has 4 N–H and O–H groups in total. The van der Waals surface area contributed by atoms with Gasteiger partial charge in [-0.05, 0) is 37.0 Å². The van der Waals surface area contributed by atoms with E-state index in [1.165, 1.54) is 6.42 Å². The van der Waals surface area contributed by atoms with Gasteiger partial charge in [-0.1, -0.05) is 27.7 Å². The lowest BCUT2D eigenvalue weighted by Gasteiger charge is -2.45. The van der Waals surface area contributed by atoms with E-state index in [9.17, 15) is 4.79 Å². The second-order valence-electron chi connectivity index (χ2n) is 7.69. The molecule has 0 bridgehead atoms. The van der Waals surface area contributed by atoms with Crippen molar-refractivity contribution in [3.63, 3.8) is 0 Å². The first kappa shape index (κ1) is 14.9. The molecule has 0 atom stereocenters. The number of anilines is 1. The molecule has 1 heterocycles. The van der Waals surface area contributed by atoms with Crippen LogP contribution in [-0.4, -0.2) is 22.1 Å². The van der Waals surface area contributed by atoms with Gasteiger partial charge in [0.2, 0.25) is 0 Å². The molecule has 1 aliphatic rings. The van der Waals surface area contributed by atoms with Crippen LogP contribution in [0.5, 0.6) is 0 Å². The van der Waals surface area contributed by atoms with Crippen LogP contribution < -0.4 is 11.1 Å². The number of hydrogen-bond acceptors (Lipinski definition) is 3. The maximum absolute atomic E-state index is 12.4. The number of nitrogens with one attached hydrogen (secondary N) is 2. The Kier molecular flexibility index (Phi) is 3.56. The van der Waals surface area contributed by atoms with Crippen LogP contribution >= 0.6 is 0 Å². The molecule has 0 aliphatic heterocycles. The maximum Gasteiger partial charge on any atom is 0.257 e. The quantitative estimate of drug-likeness (QED) is 0.777. The van der Waals surface area contributed by atoms with Crippen molar-refractivity contribution in [2.75, 3.05) is 5.73 Å². The van der Waals surface area contributed by atoms with Gasteiger partial charge in [0, 0.05) is 11.7 Å². The molecule has 1 aliphatic carbocycles. The van der Waals surface area contributed by atoms with Crippen molar-refractivity contribution in [3.8, 4) is 0 Å². The van der Waals surface area contributed by atoms with Crippen LogP contribution in [0.25, 0.3) is 0 Å². The normalized spacial score (nSPS) is 21.6. The minimum Gasteiger partial charge on any atom is -0.382 e. The number of H-pyrrole nitrogens is 1. The number of carbonyl (C=O) groups excluding carboxylic acids is 1. The summed E-state index contributed by atoms with van der Waals surface area (Å²) in [7, 11) is 0. The Morgan fingerprint density at radius 3 is 2.30 bits per heavy atom. The Labute approximate surface area is 120 Å². The fraction of sp³-hybridized carbons (Fsp3) is 0.733. The molecule has 20 heavy (non-hydrogen) atoms.